The summed E-state index contributed by atoms with van der Waals surface area (Å²) in [7, 11) is -8.61. The van der Waals surface area contributed by atoms with E-state index in [1.807, 2.05) is 38.2 Å². The van der Waals surface area contributed by atoms with E-state index in [0.29, 0.717) is 0 Å². The SMILES string of the molecule is CC1CCC=CC1(C)[Si](O)(O)[Si](O)(O)C1(C)C=CCCC1C. The van der Waals surface area contributed by atoms with Gasteiger partial charge in [-0.05, 0) is 37.5 Å². The standard InChI is InChI=1S/C16H30O4Si2/c1-13-9-5-7-11-15(13,3)21(17,18)22(19,20)16(4)12-8-6-10-14(16)2/h7-8,11-14,17-20H,5-6,9-10H2,1-4H3. The van der Waals surface area contributed by atoms with E-state index in [9.17, 15) is 19.2 Å². The molecular weight excluding hydrogens is 312 g/mol. The number of allylic oxidation sites excluding steroid dienone is 4. The summed E-state index contributed by atoms with van der Waals surface area (Å²) >= 11 is 0. The predicted octanol–water partition coefficient (Wildman–Crippen LogP) is 2.41. The van der Waals surface area contributed by atoms with Gasteiger partial charge in [0.05, 0.1) is 0 Å². The molecule has 0 bridgehead atoms. The minimum Gasteiger partial charge on any atom is -0.409 e. The highest BCUT2D eigenvalue weighted by atomic mass is 29.3. The summed E-state index contributed by atoms with van der Waals surface area (Å²) in [4.78, 5) is 44.4. The molecule has 4 nitrogen and oxygen atoms in total. The summed E-state index contributed by atoms with van der Waals surface area (Å²) in [5.41, 5.74) is 0. The average Bonchev–Trinajstić information content (AvgIpc) is 2.45. The second kappa shape index (κ2) is 5.68. The van der Waals surface area contributed by atoms with Crippen LogP contribution in [0, 0.1) is 11.8 Å². The summed E-state index contributed by atoms with van der Waals surface area (Å²) in [5.74, 6) is 0.0497. The Kier molecular flexibility index (Phi) is 4.67. The van der Waals surface area contributed by atoms with Crippen LogP contribution >= 0.6 is 0 Å². The Morgan fingerprint density at radius 1 is 0.773 bits per heavy atom. The van der Waals surface area contributed by atoms with Crippen LogP contribution in [0.25, 0.3) is 0 Å². The van der Waals surface area contributed by atoms with E-state index in [2.05, 4.69) is 0 Å². The molecule has 2 rings (SSSR count). The second-order valence-corrected chi connectivity index (χ2v) is 16.7. The Morgan fingerprint density at radius 2 is 1.09 bits per heavy atom. The van der Waals surface area contributed by atoms with Gasteiger partial charge in [-0.25, -0.2) is 0 Å². The van der Waals surface area contributed by atoms with Crippen molar-refractivity contribution >= 4 is 16.2 Å². The predicted molar refractivity (Wildman–Crippen MR) is 92.2 cm³/mol. The molecule has 0 spiro atoms. The topological polar surface area (TPSA) is 80.9 Å². The first-order chi connectivity index (χ1) is 10.0. The van der Waals surface area contributed by atoms with Crippen molar-refractivity contribution in [1.82, 2.24) is 0 Å². The van der Waals surface area contributed by atoms with Crippen LogP contribution in [0.3, 0.4) is 0 Å². The lowest BCUT2D eigenvalue weighted by Gasteiger charge is -2.53. The molecule has 0 heterocycles. The third kappa shape index (κ3) is 2.32. The molecule has 4 atom stereocenters. The smallest absolute Gasteiger partial charge is 0.389 e. The van der Waals surface area contributed by atoms with E-state index < -0.39 is 26.2 Å². The van der Waals surface area contributed by atoms with Gasteiger partial charge in [-0.3, -0.25) is 0 Å². The maximum absolute atomic E-state index is 11.1. The van der Waals surface area contributed by atoms with Crippen molar-refractivity contribution in [3.8, 4) is 0 Å². The zero-order chi connectivity index (χ0) is 16.8. The monoisotopic (exact) mass is 342 g/mol. The third-order valence-electron chi connectivity index (χ3n) is 6.50. The van der Waals surface area contributed by atoms with Crippen LogP contribution in [-0.4, -0.2) is 35.3 Å². The van der Waals surface area contributed by atoms with Crippen molar-refractivity contribution < 1.29 is 19.2 Å². The zero-order valence-electron chi connectivity index (χ0n) is 14.1. The number of hydrogen-bond acceptors (Lipinski definition) is 4. The molecule has 2 aliphatic carbocycles. The minimum atomic E-state index is -4.31. The summed E-state index contributed by atoms with van der Waals surface area (Å²) in [5, 5.41) is -1.84. The van der Waals surface area contributed by atoms with Crippen LogP contribution in [0.2, 0.25) is 10.1 Å². The Balaban J connectivity index is 2.51. The van der Waals surface area contributed by atoms with Gasteiger partial charge in [-0.1, -0.05) is 52.0 Å². The summed E-state index contributed by atoms with van der Waals surface area (Å²) in [6.45, 7) is 7.53. The van der Waals surface area contributed by atoms with Crippen LogP contribution in [-0.2, 0) is 0 Å². The van der Waals surface area contributed by atoms with Gasteiger partial charge in [0.15, 0.2) is 0 Å². The van der Waals surface area contributed by atoms with E-state index in [1.54, 1.807) is 13.8 Å². The quantitative estimate of drug-likeness (QED) is 0.469. The normalized spacial score (nSPS) is 40.0. The van der Waals surface area contributed by atoms with Crippen LogP contribution in [0.1, 0.15) is 53.4 Å². The van der Waals surface area contributed by atoms with E-state index in [1.165, 1.54) is 0 Å². The van der Waals surface area contributed by atoms with Crippen molar-refractivity contribution in [3.05, 3.63) is 24.3 Å². The molecule has 0 aliphatic heterocycles. The molecule has 22 heavy (non-hydrogen) atoms. The third-order valence-corrected chi connectivity index (χ3v) is 17.9. The van der Waals surface area contributed by atoms with Crippen molar-refractivity contribution in [2.45, 2.75) is 63.5 Å². The molecule has 2 aliphatic rings. The molecule has 0 saturated heterocycles. The Hall–Kier alpha value is -0.246. The lowest BCUT2D eigenvalue weighted by atomic mass is 9.86. The van der Waals surface area contributed by atoms with Gasteiger partial charge in [-0.2, -0.15) is 0 Å². The van der Waals surface area contributed by atoms with Crippen LogP contribution in [0.5, 0.6) is 0 Å². The largest absolute Gasteiger partial charge is 0.409 e. The highest BCUT2D eigenvalue weighted by molar-refractivity contribution is 7.32. The average molecular weight is 343 g/mol. The molecule has 0 amide bonds. The molecule has 0 aromatic rings. The highest BCUT2D eigenvalue weighted by Gasteiger charge is 2.74. The fourth-order valence-electron chi connectivity index (χ4n) is 3.95. The van der Waals surface area contributed by atoms with Crippen LogP contribution in [0.15, 0.2) is 24.3 Å². The lowest BCUT2D eigenvalue weighted by molar-refractivity contribution is 0.226. The van der Waals surface area contributed by atoms with Gasteiger partial charge >= 0.3 is 16.2 Å². The molecule has 0 saturated carbocycles. The van der Waals surface area contributed by atoms with Crippen molar-refractivity contribution in [2.24, 2.45) is 11.8 Å². The molecule has 4 N–H and O–H groups in total. The van der Waals surface area contributed by atoms with Gasteiger partial charge in [0, 0.05) is 10.1 Å². The molecule has 0 aromatic carbocycles. The van der Waals surface area contributed by atoms with Gasteiger partial charge in [0.1, 0.15) is 0 Å². The summed E-state index contributed by atoms with van der Waals surface area (Å²) < 4.78 is 0. The molecule has 126 valence electrons. The Morgan fingerprint density at radius 3 is 1.36 bits per heavy atom. The van der Waals surface area contributed by atoms with Crippen molar-refractivity contribution in [1.29, 1.82) is 0 Å². The first kappa shape index (κ1) is 18.1. The molecule has 0 aromatic heterocycles. The molecule has 0 radical (unpaired) electrons. The van der Waals surface area contributed by atoms with E-state index in [-0.39, 0.29) is 11.8 Å². The van der Waals surface area contributed by atoms with E-state index >= 15 is 0 Å². The number of rotatable bonds is 3. The summed E-state index contributed by atoms with van der Waals surface area (Å²) in [6.07, 6.45) is 11.0. The van der Waals surface area contributed by atoms with E-state index in [4.69, 9.17) is 0 Å². The number of hydrogen-bond donors (Lipinski definition) is 4. The lowest BCUT2D eigenvalue weighted by Crippen LogP contribution is -2.76. The van der Waals surface area contributed by atoms with Crippen LogP contribution in [0.4, 0.5) is 0 Å². The summed E-state index contributed by atoms with van der Waals surface area (Å²) in [6, 6.07) is 0. The minimum absolute atomic E-state index is 0.0248. The fraction of sp³-hybridized carbons (Fsp3) is 0.750. The van der Waals surface area contributed by atoms with Gasteiger partial charge in [-0.15, -0.1) is 0 Å². The first-order valence-electron chi connectivity index (χ1n) is 8.25. The maximum atomic E-state index is 11.1. The van der Waals surface area contributed by atoms with Gasteiger partial charge in [0.2, 0.25) is 0 Å². The molecule has 6 heteroatoms. The first-order valence-corrected chi connectivity index (χ1v) is 13.0. The second-order valence-electron chi connectivity index (χ2n) is 7.67. The molecular formula is C16H30O4Si2. The molecule has 4 unspecified atom stereocenters. The Bertz CT molecular complexity index is 445. The molecule has 0 fully saturated rings. The fourth-order valence-corrected chi connectivity index (χ4v) is 14.3. The van der Waals surface area contributed by atoms with Crippen molar-refractivity contribution in [2.75, 3.05) is 0 Å². The zero-order valence-corrected chi connectivity index (χ0v) is 16.1. The van der Waals surface area contributed by atoms with Gasteiger partial charge < -0.3 is 19.2 Å². The maximum Gasteiger partial charge on any atom is 0.389 e. The Labute approximate surface area is 135 Å². The van der Waals surface area contributed by atoms with Crippen molar-refractivity contribution in [3.63, 3.8) is 0 Å². The van der Waals surface area contributed by atoms with Gasteiger partial charge in [0.25, 0.3) is 0 Å². The van der Waals surface area contributed by atoms with E-state index in [0.717, 1.165) is 25.7 Å². The van der Waals surface area contributed by atoms with Crippen LogP contribution < -0.4 is 0 Å². The highest BCUT2D eigenvalue weighted by Crippen LogP contribution is 2.58.